The van der Waals surface area contributed by atoms with Crippen LogP contribution in [0.15, 0.2) is 107 Å². The Morgan fingerprint density at radius 1 is 0.787 bits per heavy atom. The molecule has 4 aromatic carbocycles. The van der Waals surface area contributed by atoms with Gasteiger partial charge in [0.05, 0.1) is 15.5 Å². The van der Waals surface area contributed by atoms with Crippen molar-refractivity contribution in [1.29, 1.82) is 0 Å². The SMILES string of the molecule is CC(CC(=O)NCc1ccc(Oc2ccc(S(=O)(=O)CC3CS3)cc2)cc1)SCS(=O)(=O)c1ccc(Oc2ccc(CN)cc2)cc1. The standard InChI is InChI=1S/C34H36N2O7S4/c1-24(45-23-47(40,41)33-16-12-30(13-17-33)42-27-6-2-25(19-35)3-7-27)18-34(37)36-20-26-4-8-28(9-5-26)43-29-10-14-32(15-11-29)46(38,39)22-31-21-44-31/h2-17,24,31H,18-23,35H2,1H3,(H,36,37). The Kier molecular flexibility index (Phi) is 11.6. The minimum Gasteiger partial charge on any atom is -0.457 e. The molecule has 0 bridgehead atoms. The Labute approximate surface area is 284 Å². The maximum atomic E-state index is 12.9. The fourth-order valence-electron chi connectivity index (χ4n) is 4.44. The van der Waals surface area contributed by atoms with Gasteiger partial charge in [0.2, 0.25) is 5.91 Å². The van der Waals surface area contributed by atoms with E-state index in [4.69, 9.17) is 15.2 Å². The number of benzene rings is 4. The highest BCUT2D eigenvalue weighted by Crippen LogP contribution is 2.33. The summed E-state index contributed by atoms with van der Waals surface area (Å²) in [6.45, 7) is 2.58. The summed E-state index contributed by atoms with van der Waals surface area (Å²) in [5.74, 6) is 3.13. The molecule has 2 atom stereocenters. The Hall–Kier alpha value is -3.49. The van der Waals surface area contributed by atoms with Gasteiger partial charge in [0.15, 0.2) is 19.7 Å². The van der Waals surface area contributed by atoms with Crippen molar-refractivity contribution in [2.24, 2.45) is 5.73 Å². The van der Waals surface area contributed by atoms with E-state index in [-0.39, 0.29) is 38.6 Å². The van der Waals surface area contributed by atoms with Gasteiger partial charge in [-0.1, -0.05) is 31.2 Å². The number of nitrogens with two attached hydrogens (primary N) is 1. The van der Waals surface area contributed by atoms with Crippen molar-refractivity contribution in [2.75, 3.05) is 16.6 Å². The van der Waals surface area contributed by atoms with Crippen LogP contribution in [0.3, 0.4) is 0 Å². The first-order valence-corrected chi connectivity index (χ1v) is 20.3. The largest absolute Gasteiger partial charge is 0.457 e. The monoisotopic (exact) mass is 712 g/mol. The van der Waals surface area contributed by atoms with E-state index in [1.54, 1.807) is 60.3 Å². The predicted molar refractivity (Wildman–Crippen MR) is 188 cm³/mol. The number of ether oxygens (including phenoxy) is 2. The van der Waals surface area contributed by atoms with Crippen LogP contribution in [-0.4, -0.2) is 49.8 Å². The first-order valence-electron chi connectivity index (χ1n) is 14.9. The number of thioether (sulfide) groups is 2. The van der Waals surface area contributed by atoms with E-state index < -0.39 is 19.7 Å². The first-order chi connectivity index (χ1) is 22.5. The van der Waals surface area contributed by atoms with Crippen molar-refractivity contribution in [2.45, 2.75) is 46.7 Å². The molecule has 1 aliphatic rings. The van der Waals surface area contributed by atoms with Gasteiger partial charge >= 0.3 is 0 Å². The summed E-state index contributed by atoms with van der Waals surface area (Å²) >= 11 is 2.86. The van der Waals surface area contributed by atoms with Gasteiger partial charge in [0.1, 0.15) is 28.1 Å². The van der Waals surface area contributed by atoms with Crippen molar-refractivity contribution in [3.8, 4) is 23.0 Å². The lowest BCUT2D eigenvalue weighted by Gasteiger charge is -2.13. The van der Waals surface area contributed by atoms with Crippen molar-refractivity contribution in [1.82, 2.24) is 5.32 Å². The quantitative estimate of drug-likeness (QED) is 0.129. The second-order valence-electron chi connectivity index (χ2n) is 11.1. The maximum Gasteiger partial charge on any atom is 0.221 e. The Balaban J connectivity index is 1.03. The van der Waals surface area contributed by atoms with Gasteiger partial charge in [-0.15, -0.1) is 11.8 Å². The third-order valence-electron chi connectivity index (χ3n) is 7.20. The van der Waals surface area contributed by atoms with Crippen molar-refractivity contribution in [3.05, 3.63) is 108 Å². The molecule has 1 amide bonds. The van der Waals surface area contributed by atoms with Gasteiger partial charge in [0.25, 0.3) is 0 Å². The zero-order chi connectivity index (χ0) is 33.4. The van der Waals surface area contributed by atoms with Crippen LogP contribution in [0.25, 0.3) is 0 Å². The molecule has 0 aromatic heterocycles. The molecule has 9 nitrogen and oxygen atoms in total. The molecule has 5 rings (SSSR count). The third kappa shape index (κ3) is 10.5. The average Bonchev–Trinajstić information content (AvgIpc) is 3.88. The molecule has 0 spiro atoms. The molecule has 0 aliphatic carbocycles. The molecule has 0 radical (unpaired) electrons. The summed E-state index contributed by atoms with van der Waals surface area (Å²) in [4.78, 5) is 13.0. The van der Waals surface area contributed by atoms with Crippen LogP contribution in [0.2, 0.25) is 0 Å². The Morgan fingerprint density at radius 2 is 1.23 bits per heavy atom. The maximum absolute atomic E-state index is 12.9. The number of nitrogens with one attached hydrogen (secondary N) is 1. The average molecular weight is 713 g/mol. The normalized spacial score (nSPS) is 15.1. The second-order valence-corrected chi connectivity index (χ2v) is 18.2. The molecule has 2 unspecified atom stereocenters. The minimum atomic E-state index is -3.56. The Morgan fingerprint density at radius 3 is 1.70 bits per heavy atom. The minimum absolute atomic E-state index is 0.151. The molecule has 1 fully saturated rings. The van der Waals surface area contributed by atoms with E-state index in [9.17, 15) is 21.6 Å². The molecule has 248 valence electrons. The highest BCUT2D eigenvalue weighted by atomic mass is 32.3. The molecule has 13 heteroatoms. The smallest absolute Gasteiger partial charge is 0.221 e. The zero-order valence-corrected chi connectivity index (χ0v) is 29.0. The van der Waals surface area contributed by atoms with E-state index in [1.807, 2.05) is 43.3 Å². The number of carbonyl (C=O) groups is 1. The number of amides is 1. The van der Waals surface area contributed by atoms with Gasteiger partial charge < -0.3 is 20.5 Å². The van der Waals surface area contributed by atoms with E-state index in [0.29, 0.717) is 41.0 Å². The third-order valence-corrected chi connectivity index (χ3v) is 13.7. The molecule has 4 aromatic rings. The fraction of sp³-hybridized carbons (Fsp3) is 0.265. The lowest BCUT2D eigenvalue weighted by atomic mass is 10.2. The molecule has 1 saturated heterocycles. The summed E-state index contributed by atoms with van der Waals surface area (Å²) in [7, 11) is -6.85. The van der Waals surface area contributed by atoms with Crippen LogP contribution in [0.1, 0.15) is 24.5 Å². The van der Waals surface area contributed by atoms with Crippen LogP contribution in [0, 0.1) is 0 Å². The number of carbonyl (C=O) groups excluding carboxylic acids is 1. The number of rotatable bonds is 16. The van der Waals surface area contributed by atoms with Crippen LogP contribution in [0.5, 0.6) is 23.0 Å². The van der Waals surface area contributed by atoms with Crippen molar-refractivity contribution in [3.63, 3.8) is 0 Å². The molecule has 0 saturated carbocycles. The van der Waals surface area contributed by atoms with Gasteiger partial charge in [-0.25, -0.2) is 16.8 Å². The molecular weight excluding hydrogens is 677 g/mol. The van der Waals surface area contributed by atoms with Gasteiger partial charge in [-0.05, 0) is 83.9 Å². The second kappa shape index (κ2) is 15.6. The Bertz CT molecular complexity index is 1860. The number of hydrogen-bond donors (Lipinski definition) is 2. The highest BCUT2D eigenvalue weighted by Gasteiger charge is 2.30. The zero-order valence-electron chi connectivity index (χ0n) is 25.7. The summed E-state index contributed by atoms with van der Waals surface area (Å²) in [6.07, 6.45) is 0.169. The predicted octanol–water partition coefficient (Wildman–Crippen LogP) is 6.18. The first kappa shape index (κ1) is 34.8. The number of hydrogen-bond acceptors (Lipinski definition) is 10. The topological polar surface area (TPSA) is 142 Å². The summed E-state index contributed by atoms with van der Waals surface area (Å²) in [5, 5.41) is 2.72. The summed E-state index contributed by atoms with van der Waals surface area (Å²) in [5.41, 5.74) is 7.47. The molecular formula is C34H36N2O7S4. The summed E-state index contributed by atoms with van der Waals surface area (Å²) < 4.78 is 62.3. The van der Waals surface area contributed by atoms with Crippen LogP contribution >= 0.6 is 23.5 Å². The highest BCUT2D eigenvalue weighted by molar-refractivity contribution is 8.12. The van der Waals surface area contributed by atoms with Crippen LogP contribution in [0.4, 0.5) is 0 Å². The van der Waals surface area contributed by atoms with Crippen molar-refractivity contribution >= 4 is 49.1 Å². The van der Waals surface area contributed by atoms with E-state index in [0.717, 1.165) is 16.9 Å². The number of sulfone groups is 2. The lowest BCUT2D eigenvalue weighted by molar-refractivity contribution is -0.121. The van der Waals surface area contributed by atoms with Gasteiger partial charge in [-0.3, -0.25) is 4.79 Å². The van der Waals surface area contributed by atoms with E-state index in [2.05, 4.69) is 5.32 Å². The molecule has 1 heterocycles. The molecule has 3 N–H and O–H groups in total. The van der Waals surface area contributed by atoms with Gasteiger partial charge in [-0.2, -0.15) is 11.8 Å². The van der Waals surface area contributed by atoms with E-state index in [1.165, 1.54) is 23.9 Å². The van der Waals surface area contributed by atoms with Crippen molar-refractivity contribution < 1.29 is 31.1 Å². The van der Waals surface area contributed by atoms with Gasteiger partial charge in [0, 0.05) is 35.8 Å². The van der Waals surface area contributed by atoms with Crippen LogP contribution < -0.4 is 20.5 Å². The fourth-order valence-corrected chi connectivity index (χ4v) is 10.1. The molecule has 1 aliphatic heterocycles. The van der Waals surface area contributed by atoms with E-state index >= 15 is 0 Å². The lowest BCUT2D eigenvalue weighted by Crippen LogP contribution is -2.25. The summed E-state index contributed by atoms with van der Waals surface area (Å²) in [6, 6.07) is 27.3. The molecule has 47 heavy (non-hydrogen) atoms. The van der Waals surface area contributed by atoms with Crippen LogP contribution in [-0.2, 0) is 37.6 Å².